The zero-order valence-corrected chi connectivity index (χ0v) is 15.2. The van der Waals surface area contributed by atoms with E-state index in [9.17, 15) is 14.4 Å². The Morgan fingerprint density at radius 3 is 2.68 bits per heavy atom. The summed E-state index contributed by atoms with van der Waals surface area (Å²) in [4.78, 5) is 40.8. The summed E-state index contributed by atoms with van der Waals surface area (Å²) >= 11 is 0. The lowest BCUT2D eigenvalue weighted by molar-refractivity contribution is -0.140. The van der Waals surface area contributed by atoms with Crippen LogP contribution in [0.25, 0.3) is 0 Å². The molecule has 1 fully saturated rings. The number of ether oxygens (including phenoxy) is 1. The van der Waals surface area contributed by atoms with E-state index in [1.807, 2.05) is 18.7 Å². The third kappa shape index (κ3) is 4.41. The van der Waals surface area contributed by atoms with Gasteiger partial charge in [0, 0.05) is 32.4 Å². The zero-order valence-electron chi connectivity index (χ0n) is 15.2. The number of pyridine rings is 1. The standard InChI is InChI=1S/C18H27N3O4/c1-4-19(5-2)17(23)14-8-6-10-20(12-14)16(22)13-21-11-7-9-15(25-3)18(21)24/h7,9,11,14H,4-6,8,10,12-13H2,1-3H3/t14-/m1/s1. The van der Waals surface area contributed by atoms with Crippen LogP contribution in [0.5, 0.6) is 5.75 Å². The van der Waals surface area contributed by atoms with Crippen molar-refractivity contribution in [3.05, 3.63) is 28.7 Å². The van der Waals surface area contributed by atoms with Crippen molar-refractivity contribution in [2.45, 2.75) is 33.2 Å². The minimum absolute atomic E-state index is 0.0395. The molecule has 2 heterocycles. The summed E-state index contributed by atoms with van der Waals surface area (Å²) in [7, 11) is 1.43. The fourth-order valence-corrected chi connectivity index (χ4v) is 3.24. The highest BCUT2D eigenvalue weighted by Crippen LogP contribution is 2.19. The molecule has 2 rings (SSSR count). The lowest BCUT2D eigenvalue weighted by Crippen LogP contribution is -2.48. The Bertz CT molecular complexity index is 667. The molecule has 2 amide bonds. The van der Waals surface area contributed by atoms with E-state index >= 15 is 0 Å². The van der Waals surface area contributed by atoms with E-state index in [2.05, 4.69) is 0 Å². The number of hydrogen-bond donors (Lipinski definition) is 0. The third-order valence-corrected chi connectivity index (χ3v) is 4.71. The first-order chi connectivity index (χ1) is 12.0. The molecule has 1 aliphatic rings. The number of methoxy groups -OCH3 is 1. The highest BCUT2D eigenvalue weighted by molar-refractivity contribution is 5.81. The quantitative estimate of drug-likeness (QED) is 0.767. The number of amides is 2. The van der Waals surface area contributed by atoms with E-state index in [0.717, 1.165) is 12.8 Å². The van der Waals surface area contributed by atoms with Gasteiger partial charge in [-0.1, -0.05) is 0 Å². The van der Waals surface area contributed by atoms with E-state index in [4.69, 9.17) is 4.74 Å². The van der Waals surface area contributed by atoms with Crippen LogP contribution in [0.3, 0.4) is 0 Å². The molecule has 0 aromatic carbocycles. The molecule has 0 aliphatic carbocycles. The predicted molar refractivity (Wildman–Crippen MR) is 94.5 cm³/mol. The zero-order chi connectivity index (χ0) is 18.4. The summed E-state index contributed by atoms with van der Waals surface area (Å²) in [6.07, 6.45) is 3.18. The second-order valence-electron chi connectivity index (χ2n) is 6.20. The summed E-state index contributed by atoms with van der Waals surface area (Å²) in [5.41, 5.74) is -0.328. The molecule has 0 unspecified atom stereocenters. The van der Waals surface area contributed by atoms with E-state index in [1.165, 1.54) is 11.7 Å². The van der Waals surface area contributed by atoms with Gasteiger partial charge in [0.15, 0.2) is 5.75 Å². The van der Waals surface area contributed by atoms with Gasteiger partial charge in [0.1, 0.15) is 6.54 Å². The molecule has 0 bridgehead atoms. The van der Waals surface area contributed by atoms with Gasteiger partial charge in [0.05, 0.1) is 13.0 Å². The van der Waals surface area contributed by atoms with Gasteiger partial charge in [-0.2, -0.15) is 0 Å². The lowest BCUT2D eigenvalue weighted by atomic mass is 9.96. The maximum atomic E-state index is 12.6. The van der Waals surface area contributed by atoms with Crippen LogP contribution in [0.2, 0.25) is 0 Å². The van der Waals surface area contributed by atoms with Crippen molar-refractivity contribution in [3.8, 4) is 5.75 Å². The molecule has 1 aromatic rings. The highest BCUT2D eigenvalue weighted by Gasteiger charge is 2.30. The van der Waals surface area contributed by atoms with Crippen molar-refractivity contribution in [2.24, 2.45) is 5.92 Å². The Hall–Kier alpha value is -2.31. The van der Waals surface area contributed by atoms with Crippen LogP contribution in [0.1, 0.15) is 26.7 Å². The van der Waals surface area contributed by atoms with Crippen LogP contribution >= 0.6 is 0 Å². The van der Waals surface area contributed by atoms with Crippen LogP contribution in [0.15, 0.2) is 23.1 Å². The van der Waals surface area contributed by atoms with Crippen LogP contribution < -0.4 is 10.3 Å². The number of carbonyl (C=O) groups is 2. The molecule has 0 radical (unpaired) electrons. The number of nitrogens with zero attached hydrogens (tertiary/aromatic N) is 3. The molecule has 1 saturated heterocycles. The molecule has 25 heavy (non-hydrogen) atoms. The highest BCUT2D eigenvalue weighted by atomic mass is 16.5. The van der Waals surface area contributed by atoms with Gasteiger partial charge in [-0.25, -0.2) is 0 Å². The van der Waals surface area contributed by atoms with Crippen LogP contribution in [-0.2, 0) is 16.1 Å². The topological polar surface area (TPSA) is 71.8 Å². The first-order valence-corrected chi connectivity index (χ1v) is 8.81. The Labute approximate surface area is 148 Å². The number of aromatic nitrogens is 1. The first kappa shape index (κ1) is 19.0. The Balaban J connectivity index is 2.05. The molecule has 0 N–H and O–H groups in total. The average Bonchev–Trinajstić information content (AvgIpc) is 2.64. The normalized spacial score (nSPS) is 17.2. The van der Waals surface area contributed by atoms with Crippen LogP contribution in [-0.4, -0.2) is 59.5 Å². The minimum atomic E-state index is -0.328. The van der Waals surface area contributed by atoms with Gasteiger partial charge in [0.2, 0.25) is 11.8 Å². The monoisotopic (exact) mass is 349 g/mol. The molecule has 1 aromatic heterocycles. The van der Waals surface area contributed by atoms with Gasteiger partial charge in [-0.3, -0.25) is 14.4 Å². The second-order valence-corrected chi connectivity index (χ2v) is 6.20. The number of carbonyl (C=O) groups excluding carboxylic acids is 2. The molecule has 0 saturated carbocycles. The predicted octanol–water partition coefficient (Wildman–Crippen LogP) is 0.964. The minimum Gasteiger partial charge on any atom is -0.491 e. The molecule has 0 spiro atoms. The van der Waals surface area contributed by atoms with Gasteiger partial charge in [-0.05, 0) is 38.8 Å². The van der Waals surface area contributed by atoms with Gasteiger partial charge in [-0.15, -0.1) is 0 Å². The van der Waals surface area contributed by atoms with E-state index in [0.29, 0.717) is 26.2 Å². The van der Waals surface area contributed by atoms with E-state index in [-0.39, 0.29) is 35.6 Å². The molecule has 138 valence electrons. The maximum absolute atomic E-state index is 12.6. The number of hydrogen-bond acceptors (Lipinski definition) is 4. The van der Waals surface area contributed by atoms with Gasteiger partial charge in [0.25, 0.3) is 5.56 Å². The largest absolute Gasteiger partial charge is 0.491 e. The second kappa shape index (κ2) is 8.69. The smallest absolute Gasteiger partial charge is 0.293 e. The Morgan fingerprint density at radius 2 is 2.04 bits per heavy atom. The number of rotatable bonds is 6. The summed E-state index contributed by atoms with van der Waals surface area (Å²) in [5, 5.41) is 0. The van der Waals surface area contributed by atoms with Crippen molar-refractivity contribution in [2.75, 3.05) is 33.3 Å². The van der Waals surface area contributed by atoms with E-state index in [1.54, 1.807) is 23.2 Å². The van der Waals surface area contributed by atoms with Crippen molar-refractivity contribution in [1.82, 2.24) is 14.4 Å². The number of likely N-dealkylation sites (tertiary alicyclic amines) is 1. The summed E-state index contributed by atoms with van der Waals surface area (Å²) in [6.45, 7) is 6.29. The average molecular weight is 349 g/mol. The van der Waals surface area contributed by atoms with Crippen molar-refractivity contribution in [1.29, 1.82) is 0 Å². The third-order valence-electron chi connectivity index (χ3n) is 4.71. The van der Waals surface area contributed by atoms with Crippen LogP contribution in [0, 0.1) is 5.92 Å². The number of piperidine rings is 1. The van der Waals surface area contributed by atoms with Crippen molar-refractivity contribution in [3.63, 3.8) is 0 Å². The first-order valence-electron chi connectivity index (χ1n) is 8.81. The van der Waals surface area contributed by atoms with Gasteiger partial charge < -0.3 is 19.1 Å². The summed E-state index contributed by atoms with van der Waals surface area (Å²) < 4.78 is 6.35. The fraction of sp³-hybridized carbons (Fsp3) is 0.611. The molecule has 1 aliphatic heterocycles. The maximum Gasteiger partial charge on any atom is 0.293 e. The molecule has 7 nitrogen and oxygen atoms in total. The molecular weight excluding hydrogens is 322 g/mol. The Kier molecular flexibility index (Phi) is 6.61. The SMILES string of the molecule is CCN(CC)C(=O)[C@@H]1CCCN(C(=O)Cn2cccc(OC)c2=O)C1. The molecule has 7 heteroatoms. The Morgan fingerprint density at radius 1 is 1.32 bits per heavy atom. The molecular formula is C18H27N3O4. The van der Waals surface area contributed by atoms with Crippen molar-refractivity contribution < 1.29 is 14.3 Å². The molecule has 1 atom stereocenters. The van der Waals surface area contributed by atoms with E-state index < -0.39 is 0 Å². The summed E-state index contributed by atoms with van der Waals surface area (Å²) in [5.74, 6) is 0.0246. The van der Waals surface area contributed by atoms with Crippen molar-refractivity contribution >= 4 is 11.8 Å². The fourth-order valence-electron chi connectivity index (χ4n) is 3.24. The van der Waals surface area contributed by atoms with Crippen LogP contribution in [0.4, 0.5) is 0 Å². The lowest BCUT2D eigenvalue weighted by Gasteiger charge is -2.34. The summed E-state index contributed by atoms with van der Waals surface area (Å²) in [6, 6.07) is 3.25. The van der Waals surface area contributed by atoms with Gasteiger partial charge >= 0.3 is 0 Å².